The number of aromatic nitrogens is 3. The standard InChI is InChI=1S/C19H24N4S.C2HF3O2/c1-19(2,3)17-16(13-23(4)22-17)12-20-11-14-5-7-15(8-6-14)18-21-9-10-24-18;3-2(4,5)1(6)7/h5-10,13,20H,11-12H2,1-4H3;(H,6,7). The number of benzene rings is 1. The van der Waals surface area contributed by atoms with E-state index in [0.29, 0.717) is 0 Å². The van der Waals surface area contributed by atoms with Gasteiger partial charge in [-0.05, 0) is 5.56 Å². The molecule has 0 saturated heterocycles. The lowest BCUT2D eigenvalue weighted by Gasteiger charge is -2.17. The number of carboxylic acids is 1. The first kappa shape index (κ1) is 24.5. The van der Waals surface area contributed by atoms with Crippen molar-refractivity contribution in [2.75, 3.05) is 0 Å². The van der Waals surface area contributed by atoms with Crippen LogP contribution in [0.3, 0.4) is 0 Å². The maximum Gasteiger partial charge on any atom is 0.490 e. The third-order valence-electron chi connectivity index (χ3n) is 4.14. The molecule has 0 fully saturated rings. The minimum Gasteiger partial charge on any atom is -0.475 e. The molecule has 0 atom stereocenters. The minimum absolute atomic E-state index is 0.0631. The Hall–Kier alpha value is -2.72. The molecule has 3 aromatic rings. The molecule has 2 aromatic heterocycles. The van der Waals surface area contributed by atoms with Gasteiger partial charge in [-0.2, -0.15) is 18.3 Å². The van der Waals surface area contributed by atoms with Crippen LogP contribution in [-0.4, -0.2) is 32.0 Å². The highest BCUT2D eigenvalue weighted by atomic mass is 32.1. The lowest BCUT2D eigenvalue weighted by Crippen LogP contribution is -2.21. The van der Waals surface area contributed by atoms with Gasteiger partial charge in [0, 0.05) is 54.5 Å². The van der Waals surface area contributed by atoms with E-state index in [1.54, 1.807) is 11.3 Å². The highest BCUT2D eigenvalue weighted by Crippen LogP contribution is 2.24. The largest absolute Gasteiger partial charge is 0.490 e. The van der Waals surface area contributed by atoms with Crippen LogP contribution in [-0.2, 0) is 30.3 Å². The zero-order valence-electron chi connectivity index (χ0n) is 17.7. The Kier molecular flexibility index (Phi) is 7.96. The van der Waals surface area contributed by atoms with Crippen LogP contribution in [0, 0.1) is 0 Å². The molecule has 3 rings (SSSR count). The van der Waals surface area contributed by atoms with E-state index in [1.807, 2.05) is 23.3 Å². The Morgan fingerprint density at radius 2 is 1.77 bits per heavy atom. The maximum atomic E-state index is 10.6. The quantitative estimate of drug-likeness (QED) is 0.581. The third-order valence-corrected chi connectivity index (χ3v) is 4.96. The number of alkyl halides is 3. The number of nitrogens with zero attached hydrogens (tertiary/aromatic N) is 3. The first-order valence-corrected chi connectivity index (χ1v) is 10.3. The molecule has 0 spiro atoms. The number of halogens is 3. The van der Waals surface area contributed by atoms with Gasteiger partial charge in [0.05, 0.1) is 5.69 Å². The normalized spacial score (nSPS) is 11.7. The second-order valence-corrected chi connectivity index (χ2v) is 8.76. The fraction of sp³-hybridized carbons (Fsp3) is 0.381. The zero-order chi connectivity index (χ0) is 23.2. The van der Waals surface area contributed by atoms with Gasteiger partial charge in [-0.1, -0.05) is 45.0 Å². The van der Waals surface area contributed by atoms with E-state index < -0.39 is 12.1 Å². The second-order valence-electron chi connectivity index (χ2n) is 7.87. The number of aryl methyl sites for hydroxylation is 1. The molecule has 31 heavy (non-hydrogen) atoms. The first-order valence-electron chi connectivity index (χ1n) is 9.40. The van der Waals surface area contributed by atoms with Gasteiger partial charge in [0.2, 0.25) is 0 Å². The van der Waals surface area contributed by atoms with Crippen molar-refractivity contribution in [3.05, 3.63) is 58.9 Å². The molecule has 0 aliphatic rings. The monoisotopic (exact) mass is 454 g/mol. The van der Waals surface area contributed by atoms with Crippen molar-refractivity contribution in [1.82, 2.24) is 20.1 Å². The molecule has 2 N–H and O–H groups in total. The molecule has 0 aliphatic carbocycles. The highest BCUT2D eigenvalue weighted by Gasteiger charge is 2.38. The maximum absolute atomic E-state index is 10.6. The van der Waals surface area contributed by atoms with Crippen molar-refractivity contribution in [2.24, 2.45) is 7.05 Å². The molecular weight excluding hydrogens is 429 g/mol. The molecule has 0 unspecified atom stereocenters. The van der Waals surface area contributed by atoms with E-state index in [0.717, 1.165) is 23.8 Å². The fourth-order valence-corrected chi connectivity index (χ4v) is 3.42. The number of carbonyl (C=O) groups is 1. The zero-order valence-corrected chi connectivity index (χ0v) is 18.5. The topological polar surface area (TPSA) is 80.0 Å². The smallest absolute Gasteiger partial charge is 0.475 e. The lowest BCUT2D eigenvalue weighted by atomic mass is 9.89. The van der Waals surface area contributed by atoms with Crippen LogP contribution in [0.1, 0.15) is 37.6 Å². The number of thiazole rings is 1. The van der Waals surface area contributed by atoms with Crippen molar-refractivity contribution in [3.63, 3.8) is 0 Å². The van der Waals surface area contributed by atoms with E-state index in [1.165, 1.54) is 16.7 Å². The SMILES string of the molecule is Cn1cc(CNCc2ccc(-c3nccs3)cc2)c(C(C)(C)C)n1.O=C(O)C(F)(F)F. The minimum atomic E-state index is -5.08. The van der Waals surface area contributed by atoms with Crippen molar-refractivity contribution < 1.29 is 23.1 Å². The summed E-state index contributed by atoms with van der Waals surface area (Å²) >= 11 is 1.67. The number of hydrogen-bond donors (Lipinski definition) is 2. The summed E-state index contributed by atoms with van der Waals surface area (Å²) in [5.41, 5.74) is 4.95. The summed E-state index contributed by atoms with van der Waals surface area (Å²) in [5.74, 6) is -2.76. The molecule has 0 amide bonds. The van der Waals surface area contributed by atoms with E-state index in [4.69, 9.17) is 9.90 Å². The van der Waals surface area contributed by atoms with Gasteiger partial charge in [0.15, 0.2) is 0 Å². The average Bonchev–Trinajstić information content (AvgIpc) is 3.31. The number of rotatable bonds is 5. The summed E-state index contributed by atoms with van der Waals surface area (Å²) in [4.78, 5) is 13.2. The fourth-order valence-electron chi connectivity index (χ4n) is 2.77. The van der Waals surface area contributed by atoms with Gasteiger partial charge in [-0.25, -0.2) is 9.78 Å². The van der Waals surface area contributed by atoms with Crippen LogP contribution in [0.15, 0.2) is 42.0 Å². The Labute approximate surface area is 182 Å². The Morgan fingerprint density at radius 1 is 1.16 bits per heavy atom. The van der Waals surface area contributed by atoms with E-state index >= 15 is 0 Å². The summed E-state index contributed by atoms with van der Waals surface area (Å²) in [6.45, 7) is 8.29. The average molecular weight is 455 g/mol. The Balaban J connectivity index is 0.000000423. The van der Waals surface area contributed by atoms with E-state index in [-0.39, 0.29) is 5.41 Å². The van der Waals surface area contributed by atoms with Gasteiger partial charge in [-0.15, -0.1) is 11.3 Å². The number of carboxylic acid groups (broad SMARTS) is 1. The van der Waals surface area contributed by atoms with Crippen LogP contribution in [0.2, 0.25) is 0 Å². The van der Waals surface area contributed by atoms with Crippen LogP contribution in [0.5, 0.6) is 0 Å². The molecular formula is C21H25F3N4O2S. The summed E-state index contributed by atoms with van der Waals surface area (Å²) < 4.78 is 33.6. The predicted octanol–water partition coefficient (Wildman–Crippen LogP) is 4.76. The first-order chi connectivity index (χ1) is 14.4. The molecule has 0 aliphatic heterocycles. The summed E-state index contributed by atoms with van der Waals surface area (Å²) in [5, 5.41) is 18.3. The Morgan fingerprint density at radius 3 is 2.26 bits per heavy atom. The van der Waals surface area contributed by atoms with Gasteiger partial charge in [0.25, 0.3) is 0 Å². The molecule has 0 bridgehead atoms. The van der Waals surface area contributed by atoms with Crippen LogP contribution in [0.25, 0.3) is 10.6 Å². The van der Waals surface area contributed by atoms with Gasteiger partial charge >= 0.3 is 12.1 Å². The summed E-state index contributed by atoms with van der Waals surface area (Å²) in [6, 6.07) is 8.61. The Bertz CT molecular complexity index is 976. The van der Waals surface area contributed by atoms with Crippen molar-refractivity contribution in [3.8, 4) is 10.6 Å². The molecule has 0 saturated carbocycles. The molecule has 2 heterocycles. The van der Waals surface area contributed by atoms with Crippen molar-refractivity contribution in [1.29, 1.82) is 0 Å². The van der Waals surface area contributed by atoms with Gasteiger partial charge in [-0.3, -0.25) is 4.68 Å². The third kappa shape index (κ3) is 7.48. The number of aliphatic carboxylic acids is 1. The van der Waals surface area contributed by atoms with Gasteiger partial charge < -0.3 is 10.4 Å². The van der Waals surface area contributed by atoms with E-state index in [2.05, 4.69) is 66.6 Å². The second kappa shape index (κ2) is 10.1. The van der Waals surface area contributed by atoms with Crippen molar-refractivity contribution in [2.45, 2.75) is 45.5 Å². The van der Waals surface area contributed by atoms with Crippen LogP contribution < -0.4 is 5.32 Å². The van der Waals surface area contributed by atoms with Crippen molar-refractivity contribution >= 4 is 17.3 Å². The van der Waals surface area contributed by atoms with E-state index in [9.17, 15) is 13.2 Å². The molecule has 10 heteroatoms. The van der Waals surface area contributed by atoms with Crippen LogP contribution >= 0.6 is 11.3 Å². The highest BCUT2D eigenvalue weighted by molar-refractivity contribution is 7.13. The number of nitrogens with one attached hydrogen (secondary N) is 1. The predicted molar refractivity (Wildman–Crippen MR) is 114 cm³/mol. The number of hydrogen-bond acceptors (Lipinski definition) is 5. The summed E-state index contributed by atoms with van der Waals surface area (Å²) in [7, 11) is 1.98. The molecule has 168 valence electrons. The lowest BCUT2D eigenvalue weighted by molar-refractivity contribution is -0.192. The molecule has 1 aromatic carbocycles. The molecule has 0 radical (unpaired) electrons. The van der Waals surface area contributed by atoms with Crippen LogP contribution in [0.4, 0.5) is 13.2 Å². The molecule has 6 nitrogen and oxygen atoms in total. The summed E-state index contributed by atoms with van der Waals surface area (Å²) in [6.07, 6.45) is -1.13. The van der Waals surface area contributed by atoms with Gasteiger partial charge in [0.1, 0.15) is 5.01 Å².